The quantitative estimate of drug-likeness (QED) is 0.622. The van der Waals surface area contributed by atoms with Gasteiger partial charge in [0.1, 0.15) is 5.82 Å². The molecule has 0 fully saturated rings. The molecule has 0 aliphatic heterocycles. The molecular formula is C13H12Br2FN3. The highest BCUT2D eigenvalue weighted by Gasteiger charge is 2.12. The zero-order valence-electron chi connectivity index (χ0n) is 9.91. The Bertz CT molecular complexity index is 557. The van der Waals surface area contributed by atoms with Crippen molar-refractivity contribution in [2.75, 3.05) is 0 Å². The average molecular weight is 389 g/mol. The fourth-order valence-corrected chi connectivity index (χ4v) is 2.75. The van der Waals surface area contributed by atoms with Gasteiger partial charge >= 0.3 is 0 Å². The molecule has 0 saturated heterocycles. The fourth-order valence-electron chi connectivity index (χ4n) is 1.86. The second-order valence-corrected chi connectivity index (χ2v) is 5.97. The van der Waals surface area contributed by atoms with Crippen molar-refractivity contribution < 1.29 is 4.39 Å². The first-order chi connectivity index (χ1) is 9.08. The van der Waals surface area contributed by atoms with E-state index in [-0.39, 0.29) is 11.9 Å². The van der Waals surface area contributed by atoms with Crippen LogP contribution in [-0.2, 0) is 6.42 Å². The van der Waals surface area contributed by atoms with Crippen molar-refractivity contribution in [2.24, 2.45) is 5.84 Å². The van der Waals surface area contributed by atoms with E-state index in [1.807, 2.05) is 12.1 Å². The molecule has 6 heteroatoms. The van der Waals surface area contributed by atoms with Crippen molar-refractivity contribution in [1.29, 1.82) is 0 Å². The number of nitrogens with zero attached hydrogens (tertiary/aromatic N) is 1. The number of pyridine rings is 1. The molecule has 1 atom stereocenters. The standard InChI is InChI=1S/C13H12Br2FN3/c14-10-1-8(2-12(16)5-10)3-13(19-17)9-4-11(15)7-18-6-9/h1-2,4-7,13,19H,3,17H2. The number of nitrogens with one attached hydrogen (secondary N) is 1. The third-order valence-corrected chi connectivity index (χ3v) is 3.58. The molecule has 0 spiro atoms. The normalized spacial score (nSPS) is 12.4. The fraction of sp³-hybridized carbons (Fsp3) is 0.154. The Kier molecular flexibility index (Phi) is 5.04. The predicted octanol–water partition coefficient (Wildman–Crippen LogP) is 3.49. The topological polar surface area (TPSA) is 50.9 Å². The number of nitrogens with two attached hydrogens (primary N) is 1. The van der Waals surface area contributed by atoms with Gasteiger partial charge in [0, 0.05) is 21.3 Å². The van der Waals surface area contributed by atoms with Crippen LogP contribution in [0.1, 0.15) is 17.2 Å². The maximum Gasteiger partial charge on any atom is 0.124 e. The summed E-state index contributed by atoms with van der Waals surface area (Å²) in [4.78, 5) is 4.10. The summed E-state index contributed by atoms with van der Waals surface area (Å²) >= 11 is 6.65. The van der Waals surface area contributed by atoms with Gasteiger partial charge in [-0.25, -0.2) is 4.39 Å². The molecule has 2 rings (SSSR count). The van der Waals surface area contributed by atoms with Gasteiger partial charge in [-0.1, -0.05) is 15.9 Å². The third kappa shape index (κ3) is 4.07. The molecule has 1 aromatic heterocycles. The molecule has 0 aliphatic carbocycles. The van der Waals surface area contributed by atoms with E-state index in [0.29, 0.717) is 10.9 Å². The summed E-state index contributed by atoms with van der Waals surface area (Å²) in [5, 5.41) is 0. The molecule has 3 nitrogen and oxygen atoms in total. The Labute approximate surface area is 127 Å². The van der Waals surface area contributed by atoms with E-state index >= 15 is 0 Å². The van der Waals surface area contributed by atoms with Crippen LogP contribution in [0.5, 0.6) is 0 Å². The number of halogens is 3. The Hall–Kier alpha value is -0.820. The SMILES string of the molecule is NNC(Cc1cc(F)cc(Br)c1)c1cncc(Br)c1. The van der Waals surface area contributed by atoms with E-state index in [2.05, 4.69) is 42.3 Å². The number of hydrazine groups is 1. The molecule has 1 heterocycles. The zero-order valence-corrected chi connectivity index (χ0v) is 13.1. The lowest BCUT2D eigenvalue weighted by atomic mass is 10.0. The van der Waals surface area contributed by atoms with E-state index in [4.69, 9.17) is 5.84 Å². The molecule has 0 radical (unpaired) electrons. The van der Waals surface area contributed by atoms with Crippen LogP contribution >= 0.6 is 31.9 Å². The van der Waals surface area contributed by atoms with E-state index < -0.39 is 0 Å². The molecule has 3 N–H and O–H groups in total. The lowest BCUT2D eigenvalue weighted by Gasteiger charge is -2.16. The van der Waals surface area contributed by atoms with Crippen LogP contribution in [0.3, 0.4) is 0 Å². The van der Waals surface area contributed by atoms with Crippen molar-refractivity contribution in [3.05, 3.63) is 62.5 Å². The number of hydrogen-bond acceptors (Lipinski definition) is 3. The van der Waals surface area contributed by atoms with Crippen LogP contribution in [0.4, 0.5) is 4.39 Å². The van der Waals surface area contributed by atoms with Gasteiger partial charge in [0.05, 0.1) is 6.04 Å². The molecule has 1 unspecified atom stereocenters. The van der Waals surface area contributed by atoms with E-state index in [9.17, 15) is 4.39 Å². The van der Waals surface area contributed by atoms with Gasteiger partial charge in [-0.2, -0.15) is 0 Å². The Morgan fingerprint density at radius 3 is 2.58 bits per heavy atom. The number of benzene rings is 1. The molecule has 0 aliphatic rings. The minimum absolute atomic E-state index is 0.126. The Morgan fingerprint density at radius 2 is 1.95 bits per heavy atom. The smallest absolute Gasteiger partial charge is 0.124 e. The minimum Gasteiger partial charge on any atom is -0.271 e. The van der Waals surface area contributed by atoms with Gasteiger partial charge < -0.3 is 0 Å². The molecule has 0 saturated carbocycles. The average Bonchev–Trinajstić information content (AvgIpc) is 2.34. The third-order valence-electron chi connectivity index (χ3n) is 2.69. The van der Waals surface area contributed by atoms with E-state index in [0.717, 1.165) is 15.6 Å². The maximum absolute atomic E-state index is 13.3. The summed E-state index contributed by atoms with van der Waals surface area (Å²) in [6.07, 6.45) is 4.02. The molecule has 1 aromatic carbocycles. The van der Waals surface area contributed by atoms with Crippen molar-refractivity contribution in [3.8, 4) is 0 Å². The van der Waals surface area contributed by atoms with Crippen LogP contribution in [0.15, 0.2) is 45.6 Å². The lowest BCUT2D eigenvalue weighted by Crippen LogP contribution is -2.29. The second-order valence-electron chi connectivity index (χ2n) is 4.14. The largest absolute Gasteiger partial charge is 0.271 e. The highest BCUT2D eigenvalue weighted by Crippen LogP contribution is 2.22. The predicted molar refractivity (Wildman–Crippen MR) is 79.8 cm³/mol. The van der Waals surface area contributed by atoms with Gasteiger partial charge in [0.15, 0.2) is 0 Å². The Balaban J connectivity index is 2.23. The first-order valence-electron chi connectivity index (χ1n) is 5.60. The van der Waals surface area contributed by atoms with Crippen molar-refractivity contribution in [2.45, 2.75) is 12.5 Å². The van der Waals surface area contributed by atoms with Crippen LogP contribution in [0.2, 0.25) is 0 Å². The first-order valence-corrected chi connectivity index (χ1v) is 7.18. The van der Waals surface area contributed by atoms with Gasteiger partial charge in [-0.3, -0.25) is 16.3 Å². The summed E-state index contributed by atoms with van der Waals surface area (Å²) in [6.45, 7) is 0. The van der Waals surface area contributed by atoms with Crippen LogP contribution in [-0.4, -0.2) is 4.98 Å². The molecule has 2 aromatic rings. The molecule has 100 valence electrons. The first kappa shape index (κ1) is 14.6. The summed E-state index contributed by atoms with van der Waals surface area (Å²) in [6, 6.07) is 6.61. The van der Waals surface area contributed by atoms with Gasteiger partial charge in [-0.15, -0.1) is 0 Å². The number of aromatic nitrogens is 1. The molecule has 19 heavy (non-hydrogen) atoms. The highest BCUT2D eigenvalue weighted by molar-refractivity contribution is 9.10. The van der Waals surface area contributed by atoms with Gasteiger partial charge in [0.2, 0.25) is 0 Å². The second kappa shape index (κ2) is 6.56. The minimum atomic E-state index is -0.271. The summed E-state index contributed by atoms with van der Waals surface area (Å²) in [5.74, 6) is 5.31. The van der Waals surface area contributed by atoms with Crippen LogP contribution < -0.4 is 11.3 Å². The van der Waals surface area contributed by atoms with Gasteiger partial charge in [-0.05, 0) is 57.7 Å². The maximum atomic E-state index is 13.3. The monoisotopic (exact) mass is 387 g/mol. The molecule has 0 bridgehead atoms. The number of rotatable bonds is 4. The number of hydrogen-bond donors (Lipinski definition) is 2. The van der Waals surface area contributed by atoms with Crippen molar-refractivity contribution in [1.82, 2.24) is 10.4 Å². The zero-order chi connectivity index (χ0) is 13.8. The lowest BCUT2D eigenvalue weighted by molar-refractivity contribution is 0.546. The summed E-state index contributed by atoms with van der Waals surface area (Å²) in [7, 11) is 0. The summed E-state index contributed by atoms with van der Waals surface area (Å²) < 4.78 is 14.9. The summed E-state index contributed by atoms with van der Waals surface area (Å²) in [5.41, 5.74) is 4.53. The Morgan fingerprint density at radius 1 is 1.16 bits per heavy atom. The van der Waals surface area contributed by atoms with E-state index in [1.165, 1.54) is 12.1 Å². The van der Waals surface area contributed by atoms with Crippen LogP contribution in [0.25, 0.3) is 0 Å². The van der Waals surface area contributed by atoms with E-state index in [1.54, 1.807) is 12.4 Å². The molecular weight excluding hydrogens is 377 g/mol. The van der Waals surface area contributed by atoms with Crippen LogP contribution in [0, 0.1) is 5.82 Å². The van der Waals surface area contributed by atoms with Crippen molar-refractivity contribution in [3.63, 3.8) is 0 Å². The highest BCUT2D eigenvalue weighted by atomic mass is 79.9. The van der Waals surface area contributed by atoms with Gasteiger partial charge in [0.25, 0.3) is 0 Å². The van der Waals surface area contributed by atoms with Crippen molar-refractivity contribution >= 4 is 31.9 Å². The molecule has 0 amide bonds.